The van der Waals surface area contributed by atoms with Gasteiger partial charge in [0.1, 0.15) is 0 Å². The number of aliphatic hydroxyl groups excluding tert-OH is 1. The Kier molecular flexibility index (Phi) is 5.00. The van der Waals surface area contributed by atoms with Crippen LogP contribution in [0.25, 0.3) is 0 Å². The topological polar surface area (TPSA) is 40.5 Å². The maximum Gasteiger partial charge on any atom is 0.0499 e. The third-order valence-electron chi connectivity index (χ3n) is 4.33. The molecule has 2 rings (SSSR count). The SMILES string of the molecule is O=S1CCN(CC2(CO)CCCCCC2)CC1. The van der Waals surface area contributed by atoms with Crippen molar-refractivity contribution in [1.29, 1.82) is 0 Å². The Bertz CT molecular complexity index is 252. The molecule has 1 aliphatic heterocycles. The third-order valence-corrected chi connectivity index (χ3v) is 5.60. The van der Waals surface area contributed by atoms with Gasteiger partial charge in [0.2, 0.25) is 0 Å². The van der Waals surface area contributed by atoms with E-state index in [2.05, 4.69) is 4.90 Å². The lowest BCUT2D eigenvalue weighted by atomic mass is 9.80. The van der Waals surface area contributed by atoms with Gasteiger partial charge in [-0.2, -0.15) is 0 Å². The van der Waals surface area contributed by atoms with Crippen LogP contribution < -0.4 is 0 Å². The first-order valence-corrected chi connectivity index (χ1v) is 8.41. The zero-order chi connectivity index (χ0) is 12.1. The molecular formula is C13H25NO2S. The third kappa shape index (κ3) is 3.76. The van der Waals surface area contributed by atoms with Gasteiger partial charge < -0.3 is 10.0 Å². The molecule has 17 heavy (non-hydrogen) atoms. The van der Waals surface area contributed by atoms with Crippen LogP contribution in [-0.4, -0.2) is 52.0 Å². The minimum atomic E-state index is -0.591. The normalized spacial score (nSPS) is 27.8. The van der Waals surface area contributed by atoms with E-state index in [1.807, 2.05) is 0 Å². The monoisotopic (exact) mass is 259 g/mol. The number of rotatable bonds is 3. The molecule has 2 fully saturated rings. The van der Waals surface area contributed by atoms with E-state index in [0.29, 0.717) is 6.61 Å². The van der Waals surface area contributed by atoms with Gasteiger partial charge in [-0.3, -0.25) is 4.21 Å². The Morgan fingerprint density at radius 1 is 1.06 bits per heavy atom. The molecule has 0 unspecified atom stereocenters. The van der Waals surface area contributed by atoms with Crippen molar-refractivity contribution in [3.63, 3.8) is 0 Å². The van der Waals surface area contributed by atoms with Gasteiger partial charge in [-0.1, -0.05) is 25.7 Å². The van der Waals surface area contributed by atoms with Crippen molar-refractivity contribution in [3.05, 3.63) is 0 Å². The molecule has 4 heteroatoms. The molecule has 3 nitrogen and oxygen atoms in total. The first kappa shape index (κ1) is 13.5. The average molecular weight is 259 g/mol. The van der Waals surface area contributed by atoms with Gasteiger partial charge in [0.05, 0.1) is 0 Å². The zero-order valence-corrected chi connectivity index (χ0v) is 11.5. The molecule has 1 N–H and O–H groups in total. The minimum absolute atomic E-state index is 0.134. The van der Waals surface area contributed by atoms with Crippen LogP contribution in [0.4, 0.5) is 0 Å². The highest BCUT2D eigenvalue weighted by Gasteiger charge is 2.33. The second kappa shape index (κ2) is 6.30. The molecule has 1 saturated carbocycles. The standard InChI is InChI=1S/C13H25NO2S/c15-12-13(5-3-1-2-4-6-13)11-14-7-9-17(16)10-8-14/h15H,1-12H2. The van der Waals surface area contributed by atoms with Gasteiger partial charge in [-0.05, 0) is 12.8 Å². The molecule has 1 aliphatic carbocycles. The quantitative estimate of drug-likeness (QED) is 0.779. The fourth-order valence-corrected chi connectivity index (χ4v) is 4.28. The first-order valence-electron chi connectivity index (χ1n) is 6.92. The summed E-state index contributed by atoms with van der Waals surface area (Å²) in [6.07, 6.45) is 7.52. The summed E-state index contributed by atoms with van der Waals surface area (Å²) in [7, 11) is -0.591. The fraction of sp³-hybridized carbons (Fsp3) is 1.00. The van der Waals surface area contributed by atoms with E-state index in [1.54, 1.807) is 0 Å². The predicted molar refractivity (Wildman–Crippen MR) is 71.5 cm³/mol. The largest absolute Gasteiger partial charge is 0.396 e. The van der Waals surface area contributed by atoms with Gasteiger partial charge in [-0.25, -0.2) is 0 Å². The lowest BCUT2D eigenvalue weighted by molar-refractivity contribution is 0.0628. The molecule has 0 aromatic heterocycles. The van der Waals surface area contributed by atoms with Crippen molar-refractivity contribution in [1.82, 2.24) is 4.90 Å². The van der Waals surface area contributed by atoms with Gasteiger partial charge >= 0.3 is 0 Å². The lowest BCUT2D eigenvalue weighted by Crippen LogP contribution is -2.45. The maximum atomic E-state index is 11.3. The summed E-state index contributed by atoms with van der Waals surface area (Å²) in [6.45, 7) is 3.25. The highest BCUT2D eigenvalue weighted by Crippen LogP contribution is 2.35. The van der Waals surface area contributed by atoms with Crippen LogP contribution in [0.15, 0.2) is 0 Å². The highest BCUT2D eigenvalue weighted by molar-refractivity contribution is 7.85. The fourth-order valence-electron chi connectivity index (χ4n) is 3.15. The Balaban J connectivity index is 1.91. The van der Waals surface area contributed by atoms with Crippen molar-refractivity contribution < 1.29 is 9.32 Å². The van der Waals surface area contributed by atoms with Crippen LogP contribution in [0.2, 0.25) is 0 Å². The summed E-state index contributed by atoms with van der Waals surface area (Å²) >= 11 is 0. The highest BCUT2D eigenvalue weighted by atomic mass is 32.2. The van der Waals surface area contributed by atoms with Crippen LogP contribution in [-0.2, 0) is 10.8 Å². The van der Waals surface area contributed by atoms with E-state index >= 15 is 0 Å². The maximum absolute atomic E-state index is 11.3. The Morgan fingerprint density at radius 3 is 2.18 bits per heavy atom. The molecule has 0 radical (unpaired) electrons. The van der Waals surface area contributed by atoms with Gasteiger partial charge in [-0.15, -0.1) is 0 Å². The summed E-state index contributed by atoms with van der Waals surface area (Å²) in [5, 5.41) is 9.76. The summed E-state index contributed by atoms with van der Waals surface area (Å²) in [5.74, 6) is 1.64. The van der Waals surface area contributed by atoms with Crippen LogP contribution in [0.3, 0.4) is 0 Å². The molecular weight excluding hydrogens is 234 g/mol. The first-order chi connectivity index (χ1) is 8.24. The Morgan fingerprint density at radius 2 is 1.65 bits per heavy atom. The van der Waals surface area contributed by atoms with Crippen LogP contribution in [0, 0.1) is 5.41 Å². The molecule has 100 valence electrons. The van der Waals surface area contributed by atoms with Crippen molar-refractivity contribution in [3.8, 4) is 0 Å². The number of hydrogen-bond donors (Lipinski definition) is 1. The zero-order valence-electron chi connectivity index (χ0n) is 10.7. The molecule has 0 atom stereocenters. The predicted octanol–water partition coefficient (Wildman–Crippen LogP) is 1.38. The summed E-state index contributed by atoms with van der Waals surface area (Å²) in [6, 6.07) is 0. The van der Waals surface area contributed by atoms with Gasteiger partial charge in [0.25, 0.3) is 0 Å². The summed E-state index contributed by atoms with van der Waals surface area (Å²) in [5.41, 5.74) is 0.134. The van der Waals surface area contributed by atoms with Crippen molar-refractivity contribution >= 4 is 10.8 Å². The van der Waals surface area contributed by atoms with Gasteiger partial charge in [0, 0.05) is 54.0 Å². The van der Waals surface area contributed by atoms with Crippen molar-refractivity contribution in [2.75, 3.05) is 37.7 Å². The number of nitrogens with zero attached hydrogens (tertiary/aromatic N) is 1. The smallest absolute Gasteiger partial charge is 0.0499 e. The van der Waals surface area contributed by atoms with E-state index in [-0.39, 0.29) is 5.41 Å². The summed E-state index contributed by atoms with van der Waals surface area (Å²) < 4.78 is 11.3. The van der Waals surface area contributed by atoms with E-state index < -0.39 is 10.8 Å². The number of hydrogen-bond acceptors (Lipinski definition) is 3. The van der Waals surface area contributed by atoms with Crippen molar-refractivity contribution in [2.24, 2.45) is 5.41 Å². The van der Waals surface area contributed by atoms with E-state index in [0.717, 1.165) is 31.1 Å². The average Bonchev–Trinajstić information content (AvgIpc) is 2.58. The van der Waals surface area contributed by atoms with E-state index in [1.165, 1.54) is 38.5 Å². The molecule has 2 aliphatic rings. The van der Waals surface area contributed by atoms with E-state index in [4.69, 9.17) is 0 Å². The Labute approximate surface area is 107 Å². The van der Waals surface area contributed by atoms with E-state index in [9.17, 15) is 9.32 Å². The molecule has 0 spiro atoms. The van der Waals surface area contributed by atoms with Crippen molar-refractivity contribution in [2.45, 2.75) is 38.5 Å². The van der Waals surface area contributed by atoms with Gasteiger partial charge in [0.15, 0.2) is 0 Å². The number of aliphatic hydroxyl groups is 1. The van der Waals surface area contributed by atoms with Crippen LogP contribution >= 0.6 is 0 Å². The summed E-state index contributed by atoms with van der Waals surface area (Å²) in [4.78, 5) is 2.42. The lowest BCUT2D eigenvalue weighted by Gasteiger charge is -2.38. The molecule has 0 amide bonds. The minimum Gasteiger partial charge on any atom is -0.396 e. The molecule has 0 bridgehead atoms. The van der Waals surface area contributed by atoms with Crippen LogP contribution in [0.5, 0.6) is 0 Å². The molecule has 0 aromatic rings. The molecule has 1 saturated heterocycles. The molecule has 1 heterocycles. The molecule has 0 aromatic carbocycles. The Hall–Kier alpha value is 0.0700. The second-order valence-electron chi connectivity index (χ2n) is 5.70. The second-order valence-corrected chi connectivity index (χ2v) is 7.39. The van der Waals surface area contributed by atoms with Crippen LogP contribution in [0.1, 0.15) is 38.5 Å².